The van der Waals surface area contributed by atoms with Crippen LogP contribution in [0, 0.1) is 5.92 Å². The summed E-state index contributed by atoms with van der Waals surface area (Å²) >= 11 is 0. The molecule has 2 aromatic carbocycles. The number of fused-ring (bicyclic) bond motifs is 1. The molecule has 2 heterocycles. The summed E-state index contributed by atoms with van der Waals surface area (Å²) in [6.07, 6.45) is 0. The summed E-state index contributed by atoms with van der Waals surface area (Å²) in [4.78, 5) is 42.1. The van der Waals surface area contributed by atoms with Gasteiger partial charge in [0.1, 0.15) is 11.8 Å². The minimum Gasteiger partial charge on any atom is -0.497 e. The maximum absolute atomic E-state index is 13.5. The molecule has 0 N–H and O–H groups in total. The molecule has 3 amide bonds. The average Bonchev–Trinajstić information content (AvgIpc) is 3.09. The molecule has 0 aromatic heterocycles. The van der Waals surface area contributed by atoms with Crippen LogP contribution in [0.4, 0.5) is 0 Å². The molecule has 9 nitrogen and oxygen atoms in total. The number of rotatable bonds is 6. The van der Waals surface area contributed by atoms with Crippen LogP contribution in [0.2, 0.25) is 0 Å². The van der Waals surface area contributed by atoms with E-state index in [4.69, 9.17) is 4.74 Å². The summed E-state index contributed by atoms with van der Waals surface area (Å²) in [5.74, 6) is -1.06. The summed E-state index contributed by atoms with van der Waals surface area (Å²) in [5.41, 5.74) is 0.586. The van der Waals surface area contributed by atoms with Crippen LogP contribution in [-0.2, 0) is 14.8 Å². The largest absolute Gasteiger partial charge is 0.497 e. The van der Waals surface area contributed by atoms with Gasteiger partial charge in [0, 0.05) is 26.2 Å². The Morgan fingerprint density at radius 2 is 1.41 bits per heavy atom. The number of carbonyl (C=O) groups excluding carboxylic acids is 3. The molecule has 2 aliphatic heterocycles. The second-order valence-corrected chi connectivity index (χ2v) is 10.6. The number of imide groups is 1. The number of amides is 3. The number of sulfonamides is 1. The normalized spacial score (nSPS) is 17.8. The SMILES string of the molecule is COc1ccc(S(=O)(=O)N2CCN(C(=O)C(C(C)C)N3C(=O)c4ccccc4C3=O)CC2)cc1. The van der Waals surface area contributed by atoms with Crippen molar-refractivity contribution in [2.45, 2.75) is 24.8 Å². The number of ether oxygens (including phenoxy) is 1. The first-order chi connectivity index (χ1) is 16.2. The predicted molar refractivity (Wildman–Crippen MR) is 124 cm³/mol. The van der Waals surface area contributed by atoms with E-state index in [0.29, 0.717) is 16.9 Å². The highest BCUT2D eigenvalue weighted by atomic mass is 32.2. The van der Waals surface area contributed by atoms with Crippen LogP contribution in [0.1, 0.15) is 34.6 Å². The van der Waals surface area contributed by atoms with Gasteiger partial charge in [-0.2, -0.15) is 4.31 Å². The summed E-state index contributed by atoms with van der Waals surface area (Å²) in [5, 5.41) is 0. The fourth-order valence-electron chi connectivity index (χ4n) is 4.39. The van der Waals surface area contributed by atoms with E-state index >= 15 is 0 Å². The molecule has 1 saturated heterocycles. The standard InChI is InChI=1S/C24H27N3O6S/c1-16(2)21(27-22(28)19-6-4-5-7-20(19)23(27)29)24(30)25-12-14-26(15-13-25)34(31,32)18-10-8-17(33-3)9-11-18/h4-11,16,21H,12-15H2,1-3H3. The van der Waals surface area contributed by atoms with E-state index in [1.165, 1.54) is 28.4 Å². The van der Waals surface area contributed by atoms with Gasteiger partial charge in [-0.3, -0.25) is 19.3 Å². The van der Waals surface area contributed by atoms with E-state index in [9.17, 15) is 22.8 Å². The first-order valence-electron chi connectivity index (χ1n) is 11.1. The van der Waals surface area contributed by atoms with Crippen molar-refractivity contribution in [2.24, 2.45) is 5.92 Å². The van der Waals surface area contributed by atoms with Gasteiger partial charge in [0.2, 0.25) is 15.9 Å². The van der Waals surface area contributed by atoms with E-state index in [1.807, 2.05) is 0 Å². The Morgan fingerprint density at radius 1 is 0.882 bits per heavy atom. The summed E-state index contributed by atoms with van der Waals surface area (Å²) in [6, 6.07) is 11.7. The van der Waals surface area contributed by atoms with Gasteiger partial charge in [0.05, 0.1) is 23.1 Å². The van der Waals surface area contributed by atoms with Crippen molar-refractivity contribution in [2.75, 3.05) is 33.3 Å². The molecule has 0 saturated carbocycles. The molecule has 1 unspecified atom stereocenters. The number of hydrogen-bond donors (Lipinski definition) is 0. The maximum Gasteiger partial charge on any atom is 0.262 e. The Labute approximate surface area is 198 Å². The number of hydrogen-bond acceptors (Lipinski definition) is 6. The lowest BCUT2D eigenvalue weighted by Crippen LogP contribution is -2.58. The van der Waals surface area contributed by atoms with Crippen LogP contribution in [0.25, 0.3) is 0 Å². The Morgan fingerprint density at radius 3 is 1.88 bits per heavy atom. The monoisotopic (exact) mass is 485 g/mol. The third-order valence-electron chi connectivity index (χ3n) is 6.24. The highest BCUT2D eigenvalue weighted by Crippen LogP contribution is 2.29. The number of methoxy groups -OCH3 is 1. The number of carbonyl (C=O) groups is 3. The van der Waals surface area contributed by atoms with E-state index in [1.54, 1.807) is 50.2 Å². The molecule has 0 radical (unpaired) electrons. The minimum atomic E-state index is -3.72. The smallest absolute Gasteiger partial charge is 0.262 e. The summed E-state index contributed by atoms with van der Waals surface area (Å²) in [6.45, 7) is 4.15. The van der Waals surface area contributed by atoms with E-state index < -0.39 is 27.9 Å². The number of piperazine rings is 1. The second kappa shape index (κ2) is 9.19. The quantitative estimate of drug-likeness (QED) is 0.579. The van der Waals surface area contributed by atoms with Crippen LogP contribution in [-0.4, -0.2) is 79.6 Å². The van der Waals surface area contributed by atoms with Gasteiger partial charge in [-0.05, 0) is 42.3 Å². The first kappa shape index (κ1) is 23.9. The Balaban J connectivity index is 1.48. The highest BCUT2D eigenvalue weighted by Gasteiger charge is 2.45. The van der Waals surface area contributed by atoms with Crippen LogP contribution in [0.5, 0.6) is 5.75 Å². The molecule has 2 aromatic rings. The third kappa shape index (κ3) is 4.07. The van der Waals surface area contributed by atoms with Gasteiger partial charge in [0.15, 0.2) is 0 Å². The van der Waals surface area contributed by atoms with Gasteiger partial charge in [0.25, 0.3) is 11.8 Å². The zero-order valence-electron chi connectivity index (χ0n) is 19.3. The Kier molecular flexibility index (Phi) is 6.46. The van der Waals surface area contributed by atoms with E-state index in [-0.39, 0.29) is 42.9 Å². The highest BCUT2D eigenvalue weighted by molar-refractivity contribution is 7.89. The van der Waals surface area contributed by atoms with Crippen molar-refractivity contribution in [3.05, 3.63) is 59.7 Å². The van der Waals surface area contributed by atoms with Crippen LogP contribution in [0.3, 0.4) is 0 Å². The average molecular weight is 486 g/mol. The second-order valence-electron chi connectivity index (χ2n) is 8.62. The lowest BCUT2D eigenvalue weighted by molar-refractivity contribution is -0.138. The van der Waals surface area contributed by atoms with Crippen molar-refractivity contribution >= 4 is 27.7 Å². The molecule has 34 heavy (non-hydrogen) atoms. The molecule has 180 valence electrons. The van der Waals surface area contributed by atoms with Crippen molar-refractivity contribution in [1.82, 2.24) is 14.1 Å². The van der Waals surface area contributed by atoms with Gasteiger partial charge in [-0.25, -0.2) is 8.42 Å². The molecule has 1 fully saturated rings. The number of benzene rings is 2. The van der Waals surface area contributed by atoms with Crippen molar-refractivity contribution in [3.8, 4) is 5.75 Å². The summed E-state index contributed by atoms with van der Waals surface area (Å²) in [7, 11) is -2.21. The molecule has 0 aliphatic carbocycles. The van der Waals surface area contributed by atoms with E-state index in [2.05, 4.69) is 0 Å². The molecule has 0 bridgehead atoms. The fraction of sp³-hybridized carbons (Fsp3) is 0.375. The lowest BCUT2D eigenvalue weighted by atomic mass is 10.0. The fourth-order valence-corrected chi connectivity index (χ4v) is 5.81. The van der Waals surface area contributed by atoms with Crippen LogP contribution < -0.4 is 4.74 Å². The van der Waals surface area contributed by atoms with Gasteiger partial charge in [-0.1, -0.05) is 26.0 Å². The molecular formula is C24H27N3O6S. The number of nitrogens with zero attached hydrogens (tertiary/aromatic N) is 3. The van der Waals surface area contributed by atoms with Crippen molar-refractivity contribution < 1.29 is 27.5 Å². The van der Waals surface area contributed by atoms with Crippen LogP contribution in [0.15, 0.2) is 53.4 Å². The molecule has 0 spiro atoms. The van der Waals surface area contributed by atoms with E-state index in [0.717, 1.165) is 4.90 Å². The summed E-state index contributed by atoms with van der Waals surface area (Å²) < 4.78 is 32.4. The Bertz CT molecular complexity index is 1180. The zero-order valence-corrected chi connectivity index (χ0v) is 20.1. The van der Waals surface area contributed by atoms with Crippen molar-refractivity contribution in [1.29, 1.82) is 0 Å². The molecule has 2 aliphatic rings. The zero-order chi connectivity index (χ0) is 24.6. The molecular weight excluding hydrogens is 458 g/mol. The predicted octanol–water partition coefficient (Wildman–Crippen LogP) is 1.85. The Hall–Kier alpha value is -3.24. The maximum atomic E-state index is 13.5. The van der Waals surface area contributed by atoms with Crippen LogP contribution >= 0.6 is 0 Å². The third-order valence-corrected chi connectivity index (χ3v) is 8.15. The van der Waals surface area contributed by atoms with Gasteiger partial charge >= 0.3 is 0 Å². The lowest BCUT2D eigenvalue weighted by Gasteiger charge is -2.38. The first-order valence-corrected chi connectivity index (χ1v) is 12.5. The molecule has 10 heteroatoms. The minimum absolute atomic E-state index is 0.118. The topological polar surface area (TPSA) is 104 Å². The van der Waals surface area contributed by atoms with Crippen molar-refractivity contribution in [3.63, 3.8) is 0 Å². The van der Waals surface area contributed by atoms with Gasteiger partial charge < -0.3 is 9.64 Å². The van der Waals surface area contributed by atoms with Gasteiger partial charge in [-0.15, -0.1) is 0 Å². The molecule has 4 rings (SSSR count). The molecule has 1 atom stereocenters.